The van der Waals surface area contributed by atoms with E-state index in [1.54, 1.807) is 24.3 Å². The number of amides is 2. The van der Waals surface area contributed by atoms with Crippen LogP contribution in [-0.4, -0.2) is 38.7 Å². The van der Waals surface area contributed by atoms with Crippen molar-refractivity contribution in [2.75, 3.05) is 0 Å². The molecule has 0 aliphatic carbocycles. The third-order valence-corrected chi connectivity index (χ3v) is 4.86. The molecule has 1 N–H and O–H groups in total. The van der Waals surface area contributed by atoms with Gasteiger partial charge >= 0.3 is 5.97 Å². The van der Waals surface area contributed by atoms with Crippen LogP contribution in [0.3, 0.4) is 0 Å². The minimum absolute atomic E-state index is 0.118. The second-order valence-electron chi connectivity index (χ2n) is 6.48. The third-order valence-electron chi connectivity index (χ3n) is 4.62. The number of imide groups is 1. The number of H-pyrrole nitrogens is 1. The summed E-state index contributed by atoms with van der Waals surface area (Å²) in [6.45, 7) is 1.07. The van der Waals surface area contributed by atoms with E-state index in [0.29, 0.717) is 15.9 Å². The molecule has 0 radical (unpaired) electrons. The Bertz CT molecular complexity index is 1200. The first-order valence-corrected chi connectivity index (χ1v) is 9.06. The van der Waals surface area contributed by atoms with Gasteiger partial charge in [-0.25, -0.2) is 9.78 Å². The lowest BCUT2D eigenvalue weighted by Gasteiger charge is -2.20. The number of fused-ring (bicyclic) bond motifs is 2. The molecule has 1 aromatic heterocycles. The minimum Gasteiger partial charge on any atom is -0.456 e. The molecule has 0 spiro atoms. The number of esters is 1. The van der Waals surface area contributed by atoms with Gasteiger partial charge in [-0.3, -0.25) is 19.3 Å². The highest BCUT2D eigenvalue weighted by molar-refractivity contribution is 6.31. The van der Waals surface area contributed by atoms with E-state index in [1.165, 1.54) is 25.1 Å². The lowest BCUT2D eigenvalue weighted by molar-refractivity contribution is -0.149. The number of hydrogen-bond acceptors (Lipinski definition) is 6. The number of rotatable bonds is 4. The van der Waals surface area contributed by atoms with Crippen LogP contribution in [0.5, 0.6) is 0 Å². The summed E-state index contributed by atoms with van der Waals surface area (Å²) in [5.74, 6) is -1.79. The summed E-state index contributed by atoms with van der Waals surface area (Å²) >= 11 is 5.92. The first-order chi connectivity index (χ1) is 13.9. The van der Waals surface area contributed by atoms with E-state index in [0.717, 1.165) is 4.90 Å². The van der Waals surface area contributed by atoms with Gasteiger partial charge in [0.2, 0.25) is 0 Å². The van der Waals surface area contributed by atoms with Gasteiger partial charge in [0.05, 0.1) is 22.0 Å². The number of carbonyl (C=O) groups excluding carboxylic acids is 3. The zero-order valence-electron chi connectivity index (χ0n) is 15.1. The Morgan fingerprint density at radius 3 is 2.45 bits per heavy atom. The van der Waals surface area contributed by atoms with Crippen molar-refractivity contribution < 1.29 is 19.1 Å². The molecule has 4 rings (SSSR count). The predicted octanol–water partition coefficient (Wildman–Crippen LogP) is 2.30. The van der Waals surface area contributed by atoms with Crippen molar-refractivity contribution in [3.8, 4) is 0 Å². The lowest BCUT2D eigenvalue weighted by atomic mass is 10.1. The summed E-state index contributed by atoms with van der Waals surface area (Å²) in [6, 6.07) is 9.86. The van der Waals surface area contributed by atoms with Crippen molar-refractivity contribution in [3.05, 3.63) is 74.8 Å². The largest absolute Gasteiger partial charge is 0.456 e. The predicted molar refractivity (Wildman–Crippen MR) is 104 cm³/mol. The summed E-state index contributed by atoms with van der Waals surface area (Å²) in [4.78, 5) is 57.1. The Morgan fingerprint density at radius 2 is 1.79 bits per heavy atom. The first kappa shape index (κ1) is 18.8. The van der Waals surface area contributed by atoms with Gasteiger partial charge in [0.25, 0.3) is 17.4 Å². The Labute approximate surface area is 169 Å². The SMILES string of the molecule is CC(C(=O)OCc1nc2cc(Cl)ccc2c(=O)[nH]1)N1C(=O)c2ccccc2C1=O. The van der Waals surface area contributed by atoms with Crippen LogP contribution in [0, 0.1) is 0 Å². The molecule has 2 heterocycles. The number of hydrogen-bond donors (Lipinski definition) is 1. The standard InChI is InChI=1S/C20H14ClN3O5/c1-10(24-18(26)12-4-2-3-5-13(12)19(24)27)20(28)29-9-16-22-15-8-11(21)6-7-14(15)17(25)23-16/h2-8,10H,9H2,1H3,(H,22,23,25). The van der Waals surface area contributed by atoms with Crippen molar-refractivity contribution >= 4 is 40.3 Å². The van der Waals surface area contributed by atoms with E-state index < -0.39 is 29.4 Å². The topological polar surface area (TPSA) is 109 Å². The molecule has 1 unspecified atom stereocenters. The number of halogens is 1. The average molecular weight is 412 g/mol. The number of nitrogens with zero attached hydrogens (tertiary/aromatic N) is 2. The molecular formula is C20H14ClN3O5. The fourth-order valence-corrected chi connectivity index (χ4v) is 3.32. The molecule has 0 fully saturated rings. The van der Waals surface area contributed by atoms with E-state index in [-0.39, 0.29) is 23.6 Å². The van der Waals surface area contributed by atoms with Gasteiger partial charge in [-0.2, -0.15) is 0 Å². The maximum Gasteiger partial charge on any atom is 0.329 e. The normalized spacial score (nSPS) is 14.2. The molecule has 8 nitrogen and oxygen atoms in total. The lowest BCUT2D eigenvalue weighted by Crippen LogP contribution is -2.43. The quantitative estimate of drug-likeness (QED) is 0.521. The maximum absolute atomic E-state index is 12.5. The first-order valence-electron chi connectivity index (χ1n) is 8.69. The Kier molecular flexibility index (Phi) is 4.63. The molecule has 0 bridgehead atoms. The molecule has 2 aromatic carbocycles. The summed E-state index contributed by atoms with van der Waals surface area (Å²) in [7, 11) is 0. The van der Waals surface area contributed by atoms with Crippen LogP contribution in [0.4, 0.5) is 0 Å². The molecular weight excluding hydrogens is 398 g/mol. The molecule has 29 heavy (non-hydrogen) atoms. The van der Waals surface area contributed by atoms with Crippen molar-refractivity contribution in [3.63, 3.8) is 0 Å². The molecule has 1 atom stereocenters. The molecule has 0 saturated heterocycles. The molecule has 0 saturated carbocycles. The van der Waals surface area contributed by atoms with Crippen LogP contribution in [0.15, 0.2) is 47.3 Å². The van der Waals surface area contributed by atoms with E-state index in [2.05, 4.69) is 9.97 Å². The zero-order chi connectivity index (χ0) is 20.7. The molecule has 1 aliphatic heterocycles. The third kappa shape index (κ3) is 3.27. The van der Waals surface area contributed by atoms with Crippen molar-refractivity contribution in [1.29, 1.82) is 0 Å². The molecule has 3 aromatic rings. The van der Waals surface area contributed by atoms with Crippen LogP contribution in [0.2, 0.25) is 5.02 Å². The van der Waals surface area contributed by atoms with Crippen molar-refractivity contribution in [2.24, 2.45) is 0 Å². The summed E-state index contributed by atoms with van der Waals surface area (Å²) in [6.07, 6.45) is 0. The highest BCUT2D eigenvalue weighted by Gasteiger charge is 2.41. The van der Waals surface area contributed by atoms with Gasteiger partial charge in [0, 0.05) is 5.02 Å². The minimum atomic E-state index is -1.14. The van der Waals surface area contributed by atoms with E-state index in [1.807, 2.05) is 0 Å². The van der Waals surface area contributed by atoms with Gasteiger partial charge in [0.15, 0.2) is 0 Å². The summed E-state index contributed by atoms with van der Waals surface area (Å²) < 4.78 is 5.18. The maximum atomic E-state index is 12.5. The molecule has 9 heteroatoms. The summed E-state index contributed by atoms with van der Waals surface area (Å²) in [5.41, 5.74) is 0.455. The summed E-state index contributed by atoms with van der Waals surface area (Å²) in [5, 5.41) is 0.765. The molecule has 1 aliphatic rings. The smallest absolute Gasteiger partial charge is 0.329 e. The number of benzene rings is 2. The monoisotopic (exact) mass is 411 g/mol. The van der Waals surface area contributed by atoms with Gasteiger partial charge in [-0.05, 0) is 37.3 Å². The van der Waals surface area contributed by atoms with Crippen LogP contribution >= 0.6 is 11.6 Å². The Hall–Kier alpha value is -3.52. The highest BCUT2D eigenvalue weighted by atomic mass is 35.5. The van der Waals surface area contributed by atoms with E-state index in [4.69, 9.17) is 16.3 Å². The molecule has 2 amide bonds. The number of nitrogens with one attached hydrogen (secondary N) is 1. The Balaban J connectivity index is 1.50. The fraction of sp³-hybridized carbons (Fsp3) is 0.150. The number of carbonyl (C=O) groups is 3. The van der Waals surface area contributed by atoms with Crippen LogP contribution in [0.25, 0.3) is 10.9 Å². The van der Waals surface area contributed by atoms with Crippen LogP contribution in [0.1, 0.15) is 33.5 Å². The van der Waals surface area contributed by atoms with Crippen molar-refractivity contribution in [1.82, 2.24) is 14.9 Å². The van der Waals surface area contributed by atoms with E-state index >= 15 is 0 Å². The highest BCUT2D eigenvalue weighted by Crippen LogP contribution is 2.25. The van der Waals surface area contributed by atoms with Gasteiger partial charge < -0.3 is 9.72 Å². The van der Waals surface area contributed by atoms with Crippen LogP contribution < -0.4 is 5.56 Å². The fourth-order valence-electron chi connectivity index (χ4n) is 3.15. The van der Waals surface area contributed by atoms with Gasteiger partial charge in [-0.15, -0.1) is 0 Å². The van der Waals surface area contributed by atoms with Gasteiger partial charge in [-0.1, -0.05) is 23.7 Å². The average Bonchev–Trinajstić information content (AvgIpc) is 2.96. The second-order valence-corrected chi connectivity index (χ2v) is 6.92. The number of aromatic nitrogens is 2. The van der Waals surface area contributed by atoms with E-state index in [9.17, 15) is 19.2 Å². The Morgan fingerprint density at radius 1 is 1.14 bits per heavy atom. The van der Waals surface area contributed by atoms with Crippen molar-refractivity contribution in [2.45, 2.75) is 19.6 Å². The molecule has 146 valence electrons. The zero-order valence-corrected chi connectivity index (χ0v) is 15.9. The number of ether oxygens (including phenoxy) is 1. The number of aromatic amines is 1. The van der Waals surface area contributed by atoms with Gasteiger partial charge in [0.1, 0.15) is 18.5 Å². The second kappa shape index (κ2) is 7.14. The van der Waals surface area contributed by atoms with Crippen LogP contribution in [-0.2, 0) is 16.1 Å².